The smallest absolute Gasteiger partial charge is 0.408 e. The number of carbonyl (C=O) groups excluding carboxylic acids is 5. The van der Waals surface area contributed by atoms with Gasteiger partial charge in [-0.05, 0) is 51.1 Å². The highest BCUT2D eigenvalue weighted by Crippen LogP contribution is 2.22. The molecule has 1 aliphatic heterocycles. The Hall–Kier alpha value is -4.21. The van der Waals surface area contributed by atoms with Crippen LogP contribution in [0.1, 0.15) is 41.5 Å². The first-order valence-electron chi connectivity index (χ1n) is 10.2. The van der Waals surface area contributed by atoms with E-state index < -0.39 is 41.9 Å². The number of hydrogen-bond donors (Lipinski definition) is 3. The minimum absolute atomic E-state index is 0.264. The number of ether oxygens (including phenoxy) is 1. The van der Waals surface area contributed by atoms with Crippen molar-refractivity contribution in [3.63, 3.8) is 0 Å². The molecular formula is C23H24N4O6. The summed E-state index contributed by atoms with van der Waals surface area (Å²) in [4.78, 5) is 61.8. The summed E-state index contributed by atoms with van der Waals surface area (Å²) < 4.78 is 5.06. The van der Waals surface area contributed by atoms with E-state index in [1.807, 2.05) is 0 Å². The van der Waals surface area contributed by atoms with Crippen molar-refractivity contribution < 1.29 is 28.7 Å². The van der Waals surface area contributed by atoms with Crippen LogP contribution in [0, 0.1) is 0 Å². The number of imide groups is 1. The zero-order chi connectivity index (χ0) is 24.2. The van der Waals surface area contributed by atoms with Gasteiger partial charge in [-0.2, -0.15) is 0 Å². The lowest BCUT2D eigenvalue weighted by molar-refractivity contribution is -0.116. The van der Waals surface area contributed by atoms with Crippen LogP contribution >= 0.6 is 0 Å². The fourth-order valence-corrected chi connectivity index (χ4v) is 3.07. The summed E-state index contributed by atoms with van der Waals surface area (Å²) >= 11 is 0. The van der Waals surface area contributed by atoms with Gasteiger partial charge in [-0.3, -0.25) is 24.1 Å². The van der Waals surface area contributed by atoms with E-state index in [1.54, 1.807) is 51.1 Å². The molecule has 10 heteroatoms. The van der Waals surface area contributed by atoms with E-state index in [0.29, 0.717) is 11.4 Å². The number of nitrogens with one attached hydrogen (secondary N) is 3. The summed E-state index contributed by atoms with van der Waals surface area (Å²) in [6.45, 7) is 4.39. The van der Waals surface area contributed by atoms with Crippen molar-refractivity contribution in [2.75, 3.05) is 23.7 Å². The summed E-state index contributed by atoms with van der Waals surface area (Å²) in [5, 5.41) is 7.54. The van der Waals surface area contributed by atoms with Crippen LogP contribution < -0.4 is 16.0 Å². The minimum atomic E-state index is -0.716. The molecule has 1 aliphatic rings. The third kappa shape index (κ3) is 6.16. The fraction of sp³-hybridized carbons (Fsp3) is 0.261. The van der Waals surface area contributed by atoms with Crippen molar-refractivity contribution in [1.82, 2.24) is 10.2 Å². The maximum absolute atomic E-state index is 12.4. The van der Waals surface area contributed by atoms with Gasteiger partial charge in [0, 0.05) is 11.4 Å². The Kier molecular flexibility index (Phi) is 6.76. The van der Waals surface area contributed by atoms with E-state index in [2.05, 4.69) is 16.0 Å². The second kappa shape index (κ2) is 9.51. The molecule has 0 saturated heterocycles. The number of benzene rings is 2. The molecule has 3 N–H and O–H groups in total. The highest BCUT2D eigenvalue weighted by atomic mass is 16.6. The molecule has 0 aromatic heterocycles. The summed E-state index contributed by atoms with van der Waals surface area (Å²) in [7, 11) is 0. The summed E-state index contributed by atoms with van der Waals surface area (Å²) in [6.07, 6.45) is -0.716. The molecule has 0 atom stereocenters. The molecule has 3 rings (SSSR count). The van der Waals surface area contributed by atoms with Gasteiger partial charge in [0.05, 0.1) is 11.1 Å². The Morgan fingerprint density at radius 1 is 0.848 bits per heavy atom. The number of carbonyl (C=O) groups is 5. The average Bonchev–Trinajstić information content (AvgIpc) is 2.96. The van der Waals surface area contributed by atoms with Crippen molar-refractivity contribution in [2.45, 2.75) is 26.4 Å². The van der Waals surface area contributed by atoms with Crippen LogP contribution in [0.4, 0.5) is 16.2 Å². The van der Waals surface area contributed by atoms with Crippen LogP contribution in [-0.2, 0) is 14.3 Å². The highest BCUT2D eigenvalue weighted by Gasteiger charge is 2.36. The second-order valence-electron chi connectivity index (χ2n) is 8.27. The Labute approximate surface area is 190 Å². The molecule has 0 radical (unpaired) electrons. The predicted octanol–water partition coefficient (Wildman–Crippen LogP) is 2.38. The van der Waals surface area contributed by atoms with Gasteiger partial charge in [-0.15, -0.1) is 0 Å². The third-order valence-corrected chi connectivity index (χ3v) is 4.40. The molecule has 0 unspecified atom stereocenters. The molecule has 0 saturated carbocycles. The van der Waals surface area contributed by atoms with Gasteiger partial charge < -0.3 is 20.7 Å². The topological polar surface area (TPSA) is 134 Å². The first kappa shape index (κ1) is 23.5. The largest absolute Gasteiger partial charge is 0.444 e. The van der Waals surface area contributed by atoms with E-state index >= 15 is 0 Å². The molecule has 0 bridgehead atoms. The molecule has 5 amide bonds. The number of anilines is 2. The van der Waals surface area contributed by atoms with Gasteiger partial charge in [-0.25, -0.2) is 4.79 Å². The third-order valence-electron chi connectivity index (χ3n) is 4.40. The molecule has 0 aliphatic carbocycles. The molecule has 33 heavy (non-hydrogen) atoms. The number of rotatable bonds is 6. The highest BCUT2D eigenvalue weighted by molar-refractivity contribution is 6.22. The number of hydrogen-bond acceptors (Lipinski definition) is 6. The zero-order valence-corrected chi connectivity index (χ0v) is 18.4. The predicted molar refractivity (Wildman–Crippen MR) is 120 cm³/mol. The fourth-order valence-electron chi connectivity index (χ4n) is 3.07. The number of nitrogens with zero attached hydrogens (tertiary/aromatic N) is 1. The van der Waals surface area contributed by atoms with Crippen molar-refractivity contribution in [3.8, 4) is 0 Å². The van der Waals surface area contributed by atoms with Crippen molar-refractivity contribution in [3.05, 3.63) is 59.7 Å². The lowest BCUT2D eigenvalue weighted by Crippen LogP contribution is -2.37. The monoisotopic (exact) mass is 452 g/mol. The lowest BCUT2D eigenvalue weighted by Gasteiger charge is -2.19. The van der Waals surface area contributed by atoms with Crippen LogP contribution in [0.2, 0.25) is 0 Å². The van der Waals surface area contributed by atoms with Crippen molar-refractivity contribution >= 4 is 41.1 Å². The number of fused-ring (bicyclic) bond motifs is 1. The van der Waals surface area contributed by atoms with Gasteiger partial charge >= 0.3 is 6.09 Å². The summed E-state index contributed by atoms with van der Waals surface area (Å²) in [5.41, 5.74) is 0.583. The number of amides is 5. The molecule has 0 spiro atoms. The Morgan fingerprint density at radius 2 is 1.39 bits per heavy atom. The molecule has 10 nitrogen and oxygen atoms in total. The average molecular weight is 452 g/mol. The maximum atomic E-state index is 12.4. The van der Waals surface area contributed by atoms with Gasteiger partial charge in [0.15, 0.2) is 0 Å². The SMILES string of the molecule is CC(C)(C)OC(=O)NCC(=O)Nc1cccc(NC(=O)CN2C(=O)c3ccccc3C2=O)c1. The van der Waals surface area contributed by atoms with Crippen molar-refractivity contribution in [1.29, 1.82) is 0 Å². The Balaban J connectivity index is 1.53. The van der Waals surface area contributed by atoms with Crippen LogP contribution in [0.5, 0.6) is 0 Å². The summed E-state index contributed by atoms with van der Waals surface area (Å²) in [6, 6.07) is 12.7. The van der Waals surface area contributed by atoms with Crippen molar-refractivity contribution in [2.24, 2.45) is 0 Å². The molecule has 2 aromatic rings. The molecule has 2 aromatic carbocycles. The van der Waals surface area contributed by atoms with Crippen LogP contribution in [-0.4, -0.2) is 53.3 Å². The van der Waals surface area contributed by atoms with Gasteiger partial charge in [0.1, 0.15) is 18.7 Å². The molecule has 0 fully saturated rings. The standard InChI is InChI=1S/C23H24N4O6/c1-23(2,3)33-22(32)24-12-18(28)25-14-7-6-8-15(11-14)26-19(29)13-27-20(30)16-9-4-5-10-17(16)21(27)31/h4-11H,12-13H2,1-3H3,(H,24,32)(H,25,28)(H,26,29). The first-order valence-corrected chi connectivity index (χ1v) is 10.2. The van der Waals surface area contributed by atoms with Gasteiger partial charge in [0.25, 0.3) is 11.8 Å². The molecular weight excluding hydrogens is 428 g/mol. The normalized spacial score (nSPS) is 12.8. The van der Waals surface area contributed by atoms with Gasteiger partial charge in [0.2, 0.25) is 11.8 Å². The Bertz CT molecular complexity index is 1090. The van der Waals surface area contributed by atoms with Crippen LogP contribution in [0.3, 0.4) is 0 Å². The first-order chi connectivity index (χ1) is 15.5. The minimum Gasteiger partial charge on any atom is -0.444 e. The zero-order valence-electron chi connectivity index (χ0n) is 18.4. The quantitative estimate of drug-likeness (QED) is 0.576. The molecule has 1 heterocycles. The maximum Gasteiger partial charge on any atom is 0.408 e. The van der Waals surface area contributed by atoms with Crippen LogP contribution in [0.15, 0.2) is 48.5 Å². The van der Waals surface area contributed by atoms with E-state index in [4.69, 9.17) is 4.74 Å². The second-order valence-corrected chi connectivity index (χ2v) is 8.27. The van der Waals surface area contributed by atoms with Gasteiger partial charge in [-0.1, -0.05) is 18.2 Å². The van der Waals surface area contributed by atoms with Crippen LogP contribution in [0.25, 0.3) is 0 Å². The summed E-state index contributed by atoms with van der Waals surface area (Å²) in [5.74, 6) is -2.11. The number of alkyl carbamates (subject to hydrolysis) is 1. The van der Waals surface area contributed by atoms with E-state index in [9.17, 15) is 24.0 Å². The van der Waals surface area contributed by atoms with E-state index in [0.717, 1.165) is 4.90 Å². The van der Waals surface area contributed by atoms with E-state index in [-0.39, 0.29) is 17.7 Å². The molecule has 172 valence electrons. The Morgan fingerprint density at radius 3 is 1.94 bits per heavy atom. The van der Waals surface area contributed by atoms with E-state index in [1.165, 1.54) is 18.2 Å². The lowest BCUT2D eigenvalue weighted by atomic mass is 10.1.